The van der Waals surface area contributed by atoms with E-state index in [1.54, 1.807) is 24.3 Å². The Balaban J connectivity index is 1.80. The van der Waals surface area contributed by atoms with Gasteiger partial charge in [0.2, 0.25) is 5.95 Å². The number of hydrogen-bond donors (Lipinski definition) is 2. The van der Waals surface area contributed by atoms with E-state index in [2.05, 4.69) is 30.8 Å². The lowest BCUT2D eigenvalue weighted by atomic mass is 10.1. The Morgan fingerprint density at radius 2 is 2.27 bits per heavy atom. The van der Waals surface area contributed by atoms with E-state index in [4.69, 9.17) is 4.74 Å². The zero-order chi connectivity index (χ0) is 14.9. The first-order chi connectivity index (χ1) is 10.8. The minimum absolute atomic E-state index is 0.144. The molecular weight excluding hydrogens is 282 g/mol. The molecule has 0 saturated carbocycles. The highest BCUT2D eigenvalue weighted by molar-refractivity contribution is 5.77. The van der Waals surface area contributed by atoms with Crippen LogP contribution in [-0.2, 0) is 0 Å². The highest BCUT2D eigenvalue weighted by atomic mass is 16.5. The quantitative estimate of drug-likeness (QED) is 0.760. The van der Waals surface area contributed by atoms with E-state index in [-0.39, 0.29) is 6.04 Å². The summed E-state index contributed by atoms with van der Waals surface area (Å²) in [5.74, 6) is 1.38. The standard InChI is InChI=1S/C14H13N7O/c1-22-10-4-2-3-9(5-10)11-6-13(12-7-15-8-16-12)21-14(17-11)18-19-20-21/h2-8,13H,1H3,(H,15,16)(H,17,18,20). The lowest BCUT2D eigenvalue weighted by Gasteiger charge is -2.22. The smallest absolute Gasteiger partial charge is 0.248 e. The van der Waals surface area contributed by atoms with E-state index in [0.717, 1.165) is 22.7 Å². The predicted octanol–water partition coefficient (Wildman–Crippen LogP) is 1.46. The predicted molar refractivity (Wildman–Crippen MR) is 79.1 cm³/mol. The van der Waals surface area contributed by atoms with Crippen LogP contribution in [0.5, 0.6) is 5.75 Å². The van der Waals surface area contributed by atoms with Crippen LogP contribution >= 0.6 is 0 Å². The van der Waals surface area contributed by atoms with Gasteiger partial charge in [-0.15, -0.1) is 0 Å². The van der Waals surface area contributed by atoms with Gasteiger partial charge in [0, 0.05) is 11.3 Å². The topological polar surface area (TPSA) is 93.5 Å². The average molecular weight is 295 g/mol. The summed E-state index contributed by atoms with van der Waals surface area (Å²) in [6.07, 6.45) is 5.45. The summed E-state index contributed by atoms with van der Waals surface area (Å²) in [7, 11) is 1.65. The molecule has 0 saturated heterocycles. The summed E-state index contributed by atoms with van der Waals surface area (Å²) in [6, 6.07) is 7.67. The van der Waals surface area contributed by atoms with Crippen molar-refractivity contribution >= 4 is 11.6 Å². The molecular formula is C14H13N7O. The number of methoxy groups -OCH3 is 1. The van der Waals surface area contributed by atoms with Crippen molar-refractivity contribution in [1.82, 2.24) is 30.2 Å². The van der Waals surface area contributed by atoms with Gasteiger partial charge in [-0.2, -0.15) is 4.68 Å². The van der Waals surface area contributed by atoms with E-state index in [1.807, 2.05) is 30.3 Å². The number of benzene rings is 1. The second kappa shape index (κ2) is 4.99. The Hall–Kier alpha value is -3.16. The zero-order valence-electron chi connectivity index (χ0n) is 11.8. The number of aromatic amines is 1. The number of anilines is 1. The number of tetrazole rings is 1. The Bertz CT molecular complexity index is 821. The normalized spacial score (nSPS) is 16.6. The van der Waals surface area contributed by atoms with Crippen LogP contribution in [0.15, 0.2) is 42.9 Å². The maximum Gasteiger partial charge on any atom is 0.248 e. The molecule has 0 bridgehead atoms. The fourth-order valence-corrected chi connectivity index (χ4v) is 2.46. The van der Waals surface area contributed by atoms with Gasteiger partial charge in [0.05, 0.1) is 25.3 Å². The largest absolute Gasteiger partial charge is 0.497 e. The third-order valence-electron chi connectivity index (χ3n) is 3.55. The maximum absolute atomic E-state index is 5.28. The van der Waals surface area contributed by atoms with Gasteiger partial charge in [-0.1, -0.05) is 17.2 Å². The number of nitrogens with one attached hydrogen (secondary N) is 2. The van der Waals surface area contributed by atoms with Crippen LogP contribution in [0.4, 0.5) is 5.95 Å². The van der Waals surface area contributed by atoms with E-state index in [0.29, 0.717) is 5.95 Å². The second-order valence-corrected chi connectivity index (χ2v) is 4.84. The summed E-state index contributed by atoms with van der Waals surface area (Å²) >= 11 is 0. The monoisotopic (exact) mass is 295 g/mol. The first kappa shape index (κ1) is 12.6. The molecule has 110 valence electrons. The minimum Gasteiger partial charge on any atom is -0.497 e. The summed E-state index contributed by atoms with van der Waals surface area (Å²) in [6.45, 7) is 0. The fourth-order valence-electron chi connectivity index (χ4n) is 2.46. The highest BCUT2D eigenvalue weighted by Crippen LogP contribution is 2.31. The molecule has 2 aromatic heterocycles. The van der Waals surface area contributed by atoms with Crippen LogP contribution in [0.1, 0.15) is 17.3 Å². The molecule has 8 nitrogen and oxygen atoms in total. The first-order valence-corrected chi connectivity index (χ1v) is 6.74. The van der Waals surface area contributed by atoms with Crippen LogP contribution < -0.4 is 10.1 Å². The van der Waals surface area contributed by atoms with E-state index in [1.165, 1.54) is 0 Å². The number of rotatable bonds is 3. The van der Waals surface area contributed by atoms with Crippen molar-refractivity contribution in [2.75, 3.05) is 12.4 Å². The lowest BCUT2D eigenvalue weighted by Crippen LogP contribution is -2.20. The van der Waals surface area contributed by atoms with Crippen LogP contribution in [-0.4, -0.2) is 37.3 Å². The van der Waals surface area contributed by atoms with Gasteiger partial charge in [0.15, 0.2) is 0 Å². The molecule has 0 amide bonds. The summed E-state index contributed by atoms with van der Waals surface area (Å²) < 4.78 is 6.99. The van der Waals surface area contributed by atoms with Crippen molar-refractivity contribution in [1.29, 1.82) is 0 Å². The molecule has 1 unspecified atom stereocenters. The molecule has 1 aromatic carbocycles. The number of fused-ring (bicyclic) bond motifs is 1. The molecule has 1 atom stereocenters. The van der Waals surface area contributed by atoms with Gasteiger partial charge in [0.25, 0.3) is 0 Å². The molecule has 1 aliphatic heterocycles. The Morgan fingerprint density at radius 3 is 3.09 bits per heavy atom. The van der Waals surface area contributed by atoms with Gasteiger partial charge >= 0.3 is 0 Å². The van der Waals surface area contributed by atoms with Crippen molar-refractivity contribution in [3.05, 3.63) is 54.1 Å². The van der Waals surface area contributed by atoms with E-state index in [9.17, 15) is 0 Å². The number of aromatic nitrogens is 6. The third-order valence-corrected chi connectivity index (χ3v) is 3.55. The van der Waals surface area contributed by atoms with Crippen molar-refractivity contribution in [3.8, 4) is 5.75 Å². The van der Waals surface area contributed by atoms with Crippen LogP contribution in [0.25, 0.3) is 5.70 Å². The molecule has 0 radical (unpaired) electrons. The van der Waals surface area contributed by atoms with Crippen LogP contribution in [0.2, 0.25) is 0 Å². The summed E-state index contributed by atoms with van der Waals surface area (Å²) in [5, 5.41) is 15.0. The molecule has 4 rings (SSSR count). The van der Waals surface area contributed by atoms with Crippen molar-refractivity contribution < 1.29 is 4.74 Å². The molecule has 1 aliphatic rings. The van der Waals surface area contributed by atoms with Crippen molar-refractivity contribution in [2.24, 2.45) is 0 Å². The molecule has 0 fully saturated rings. The summed E-state index contributed by atoms with van der Waals surface area (Å²) in [5.41, 5.74) is 2.83. The SMILES string of the molecule is COc1cccc(C2=CC(c3cnc[nH]3)n3nnnc3N2)c1. The number of ether oxygens (including phenoxy) is 1. The van der Waals surface area contributed by atoms with Gasteiger partial charge in [-0.3, -0.25) is 0 Å². The molecule has 0 spiro atoms. The lowest BCUT2D eigenvalue weighted by molar-refractivity contribution is 0.414. The van der Waals surface area contributed by atoms with Gasteiger partial charge in [0.1, 0.15) is 11.8 Å². The van der Waals surface area contributed by atoms with Crippen LogP contribution in [0, 0.1) is 0 Å². The van der Waals surface area contributed by atoms with E-state index >= 15 is 0 Å². The number of allylic oxidation sites excluding steroid dienone is 1. The number of imidazole rings is 1. The number of H-pyrrole nitrogens is 1. The maximum atomic E-state index is 5.28. The molecule has 3 heterocycles. The zero-order valence-corrected chi connectivity index (χ0v) is 11.8. The summed E-state index contributed by atoms with van der Waals surface area (Å²) in [4.78, 5) is 7.18. The van der Waals surface area contributed by atoms with Gasteiger partial charge < -0.3 is 15.0 Å². The van der Waals surface area contributed by atoms with Crippen LogP contribution in [0.3, 0.4) is 0 Å². The second-order valence-electron chi connectivity index (χ2n) is 4.84. The molecule has 8 heteroatoms. The highest BCUT2D eigenvalue weighted by Gasteiger charge is 2.25. The van der Waals surface area contributed by atoms with Crippen molar-refractivity contribution in [2.45, 2.75) is 6.04 Å². The molecule has 2 N–H and O–H groups in total. The Kier molecular flexibility index (Phi) is 2.85. The Labute approximate surface area is 125 Å². The van der Waals surface area contributed by atoms with Crippen molar-refractivity contribution in [3.63, 3.8) is 0 Å². The Morgan fingerprint density at radius 1 is 1.32 bits per heavy atom. The molecule has 22 heavy (non-hydrogen) atoms. The number of hydrogen-bond acceptors (Lipinski definition) is 6. The molecule has 0 aliphatic carbocycles. The average Bonchev–Trinajstić information content (AvgIpc) is 3.25. The minimum atomic E-state index is -0.144. The fraction of sp³-hybridized carbons (Fsp3) is 0.143. The number of nitrogens with zero attached hydrogens (tertiary/aromatic N) is 5. The first-order valence-electron chi connectivity index (χ1n) is 6.74. The van der Waals surface area contributed by atoms with E-state index < -0.39 is 0 Å². The third kappa shape index (κ3) is 2.01. The molecule has 3 aromatic rings. The van der Waals surface area contributed by atoms with Gasteiger partial charge in [-0.25, -0.2) is 4.98 Å². The van der Waals surface area contributed by atoms with Gasteiger partial charge in [-0.05, 0) is 28.6 Å².